The van der Waals surface area contributed by atoms with E-state index in [2.05, 4.69) is 11.0 Å². The van der Waals surface area contributed by atoms with E-state index >= 15 is 0 Å². The van der Waals surface area contributed by atoms with E-state index in [4.69, 9.17) is 14.6 Å². The number of nitrogens with zero attached hydrogens (tertiary/aromatic N) is 1. The van der Waals surface area contributed by atoms with Gasteiger partial charge in [0.25, 0.3) is 0 Å². The molecule has 1 heterocycles. The van der Waals surface area contributed by atoms with Crippen LogP contribution in [0, 0.1) is 5.82 Å². The summed E-state index contributed by atoms with van der Waals surface area (Å²) in [6.45, 7) is 2.98. The van der Waals surface area contributed by atoms with Gasteiger partial charge in [0.1, 0.15) is 30.0 Å². The molecule has 0 radical (unpaired) electrons. The number of aliphatic hydroxyl groups is 1. The van der Waals surface area contributed by atoms with Crippen LogP contribution < -0.4 is 9.47 Å². The predicted molar refractivity (Wildman–Crippen MR) is 94.3 cm³/mol. The highest BCUT2D eigenvalue weighted by atomic mass is 19.1. The van der Waals surface area contributed by atoms with Gasteiger partial charge in [-0.3, -0.25) is 4.90 Å². The minimum atomic E-state index is -0.269. The molecule has 1 aliphatic heterocycles. The molecule has 4 nitrogen and oxygen atoms in total. The Kier molecular flexibility index (Phi) is 6.25. The van der Waals surface area contributed by atoms with E-state index in [1.165, 1.54) is 12.1 Å². The Morgan fingerprint density at radius 3 is 2.64 bits per heavy atom. The second-order valence-electron chi connectivity index (χ2n) is 6.23. The first kappa shape index (κ1) is 17.7. The monoisotopic (exact) mass is 345 g/mol. The molecule has 3 rings (SSSR count). The maximum Gasteiger partial charge on any atom is 0.126 e. The Hall–Kier alpha value is -2.11. The third kappa shape index (κ3) is 5.18. The van der Waals surface area contributed by atoms with Crippen LogP contribution in [0.2, 0.25) is 0 Å². The fourth-order valence-corrected chi connectivity index (χ4v) is 3.09. The van der Waals surface area contributed by atoms with Crippen LogP contribution in [-0.4, -0.2) is 42.4 Å². The zero-order valence-electron chi connectivity index (χ0n) is 14.2. The molecule has 134 valence electrons. The highest BCUT2D eigenvalue weighted by Crippen LogP contribution is 2.24. The Balaban J connectivity index is 1.51. The zero-order chi connectivity index (χ0) is 17.5. The van der Waals surface area contributed by atoms with Crippen molar-refractivity contribution in [1.29, 1.82) is 0 Å². The molecule has 1 aliphatic rings. The second-order valence-corrected chi connectivity index (χ2v) is 6.23. The van der Waals surface area contributed by atoms with Crippen molar-refractivity contribution in [2.24, 2.45) is 0 Å². The molecule has 0 atom stereocenters. The number of ether oxygens (including phenoxy) is 2. The Bertz CT molecular complexity index is 671. The average molecular weight is 345 g/mol. The number of aliphatic hydroxyl groups excluding tert-OH is 1. The summed E-state index contributed by atoms with van der Waals surface area (Å²) in [6.07, 6.45) is 1.95. The SMILES string of the molecule is OCCOc1ccccc1CN1CCC(Oc2cccc(F)c2)CC1. The molecule has 0 aliphatic carbocycles. The number of halogens is 1. The van der Waals surface area contributed by atoms with Gasteiger partial charge >= 0.3 is 0 Å². The summed E-state index contributed by atoms with van der Waals surface area (Å²) in [4.78, 5) is 2.37. The van der Waals surface area contributed by atoms with Crippen molar-refractivity contribution in [2.75, 3.05) is 26.3 Å². The molecule has 0 saturated carbocycles. The topological polar surface area (TPSA) is 41.9 Å². The molecule has 1 N–H and O–H groups in total. The molecular weight excluding hydrogens is 321 g/mol. The highest BCUT2D eigenvalue weighted by molar-refractivity contribution is 5.33. The van der Waals surface area contributed by atoms with E-state index < -0.39 is 0 Å². The number of para-hydroxylation sites is 1. The van der Waals surface area contributed by atoms with Crippen LogP contribution in [0.4, 0.5) is 4.39 Å². The van der Waals surface area contributed by atoms with Crippen molar-refractivity contribution < 1.29 is 19.0 Å². The normalized spacial score (nSPS) is 15.9. The molecule has 1 fully saturated rings. The first-order valence-electron chi connectivity index (χ1n) is 8.71. The molecular formula is C20H24FNO3. The van der Waals surface area contributed by atoms with E-state index in [-0.39, 0.29) is 18.5 Å². The fourth-order valence-electron chi connectivity index (χ4n) is 3.09. The standard InChI is InChI=1S/C20H24FNO3/c21-17-5-3-6-19(14-17)25-18-8-10-22(11-9-18)15-16-4-1-2-7-20(16)24-13-12-23/h1-7,14,18,23H,8-13,15H2. The minimum Gasteiger partial charge on any atom is -0.491 e. The summed E-state index contributed by atoms with van der Waals surface area (Å²) in [5.41, 5.74) is 1.13. The number of benzene rings is 2. The van der Waals surface area contributed by atoms with E-state index in [0.29, 0.717) is 12.4 Å². The van der Waals surface area contributed by atoms with Crippen molar-refractivity contribution in [1.82, 2.24) is 4.90 Å². The maximum atomic E-state index is 13.2. The lowest BCUT2D eigenvalue weighted by atomic mass is 10.1. The Morgan fingerprint density at radius 1 is 1.08 bits per heavy atom. The second kappa shape index (κ2) is 8.83. The van der Waals surface area contributed by atoms with Crippen molar-refractivity contribution in [3.8, 4) is 11.5 Å². The molecule has 0 aromatic heterocycles. The van der Waals surface area contributed by atoms with Gasteiger partial charge in [-0.25, -0.2) is 4.39 Å². The lowest BCUT2D eigenvalue weighted by Crippen LogP contribution is -2.37. The first-order valence-corrected chi connectivity index (χ1v) is 8.71. The number of likely N-dealkylation sites (tertiary alicyclic amines) is 1. The molecule has 5 heteroatoms. The fraction of sp³-hybridized carbons (Fsp3) is 0.400. The summed E-state index contributed by atoms with van der Waals surface area (Å²) >= 11 is 0. The van der Waals surface area contributed by atoms with Crippen molar-refractivity contribution >= 4 is 0 Å². The summed E-state index contributed by atoms with van der Waals surface area (Å²) < 4.78 is 24.7. The zero-order valence-corrected chi connectivity index (χ0v) is 14.2. The molecule has 0 unspecified atom stereocenters. The predicted octanol–water partition coefficient (Wildman–Crippen LogP) is 3.24. The van der Waals surface area contributed by atoms with Gasteiger partial charge in [0, 0.05) is 31.3 Å². The van der Waals surface area contributed by atoms with Crippen LogP contribution in [0.15, 0.2) is 48.5 Å². The Morgan fingerprint density at radius 2 is 1.88 bits per heavy atom. The van der Waals surface area contributed by atoms with Gasteiger partial charge in [-0.05, 0) is 31.0 Å². The van der Waals surface area contributed by atoms with Crippen molar-refractivity contribution in [3.05, 3.63) is 59.9 Å². The van der Waals surface area contributed by atoms with Gasteiger partial charge in [-0.2, -0.15) is 0 Å². The number of piperidine rings is 1. The number of hydrogen-bond donors (Lipinski definition) is 1. The van der Waals surface area contributed by atoms with Gasteiger partial charge in [0.05, 0.1) is 6.61 Å². The van der Waals surface area contributed by atoms with Gasteiger partial charge in [0.15, 0.2) is 0 Å². The van der Waals surface area contributed by atoms with E-state index in [1.807, 2.05) is 18.2 Å². The number of hydrogen-bond acceptors (Lipinski definition) is 4. The smallest absolute Gasteiger partial charge is 0.126 e. The van der Waals surface area contributed by atoms with Crippen LogP contribution in [0.1, 0.15) is 18.4 Å². The summed E-state index contributed by atoms with van der Waals surface area (Å²) in [5, 5.41) is 8.93. The van der Waals surface area contributed by atoms with Crippen molar-refractivity contribution in [3.63, 3.8) is 0 Å². The summed E-state index contributed by atoms with van der Waals surface area (Å²) in [6, 6.07) is 14.3. The molecule has 0 bridgehead atoms. The molecule has 2 aromatic rings. The van der Waals surface area contributed by atoms with Crippen LogP contribution >= 0.6 is 0 Å². The molecule has 2 aromatic carbocycles. The van der Waals surface area contributed by atoms with Gasteiger partial charge in [-0.1, -0.05) is 24.3 Å². The van der Waals surface area contributed by atoms with Crippen LogP contribution in [0.25, 0.3) is 0 Å². The van der Waals surface area contributed by atoms with Crippen molar-refractivity contribution in [2.45, 2.75) is 25.5 Å². The van der Waals surface area contributed by atoms with E-state index in [9.17, 15) is 4.39 Å². The van der Waals surface area contributed by atoms with Crippen LogP contribution in [-0.2, 0) is 6.54 Å². The van der Waals surface area contributed by atoms with Crippen LogP contribution in [0.3, 0.4) is 0 Å². The highest BCUT2D eigenvalue weighted by Gasteiger charge is 2.21. The molecule has 25 heavy (non-hydrogen) atoms. The van der Waals surface area contributed by atoms with Gasteiger partial charge in [-0.15, -0.1) is 0 Å². The summed E-state index contributed by atoms with van der Waals surface area (Å²) in [5.74, 6) is 1.16. The lowest BCUT2D eigenvalue weighted by Gasteiger charge is -2.32. The molecule has 0 spiro atoms. The maximum absolute atomic E-state index is 13.2. The molecule has 1 saturated heterocycles. The van der Waals surface area contributed by atoms with Gasteiger partial charge < -0.3 is 14.6 Å². The number of rotatable bonds is 7. The summed E-state index contributed by atoms with van der Waals surface area (Å²) in [7, 11) is 0. The quantitative estimate of drug-likeness (QED) is 0.836. The van der Waals surface area contributed by atoms with Crippen LogP contribution in [0.5, 0.6) is 11.5 Å². The minimum absolute atomic E-state index is 0.0111. The average Bonchev–Trinajstić information content (AvgIpc) is 2.63. The molecule has 0 amide bonds. The third-order valence-electron chi connectivity index (χ3n) is 4.35. The van der Waals surface area contributed by atoms with E-state index in [0.717, 1.165) is 43.8 Å². The van der Waals surface area contributed by atoms with E-state index in [1.54, 1.807) is 12.1 Å². The lowest BCUT2D eigenvalue weighted by molar-refractivity contribution is 0.0957. The first-order chi connectivity index (χ1) is 12.2. The Labute approximate surface area is 147 Å². The van der Waals surface area contributed by atoms with Gasteiger partial charge in [0.2, 0.25) is 0 Å². The third-order valence-corrected chi connectivity index (χ3v) is 4.35. The largest absolute Gasteiger partial charge is 0.491 e.